The van der Waals surface area contributed by atoms with Crippen LogP contribution in [0.5, 0.6) is 17.2 Å². The zero-order chi connectivity index (χ0) is 22.9. The van der Waals surface area contributed by atoms with Crippen LogP contribution in [-0.2, 0) is 9.59 Å². The number of fused-ring (bicyclic) bond motifs is 1. The quantitative estimate of drug-likeness (QED) is 0.371. The average Bonchev–Trinajstić information content (AvgIpc) is 3.14. The topological polar surface area (TPSA) is 85.3 Å². The second kappa shape index (κ2) is 8.35. The number of benzene rings is 3. The van der Waals surface area contributed by atoms with Gasteiger partial charge in [0.25, 0.3) is 11.7 Å². The van der Waals surface area contributed by atoms with Crippen molar-refractivity contribution < 1.29 is 28.9 Å². The maximum Gasteiger partial charge on any atom is 0.300 e. The highest BCUT2D eigenvalue weighted by Gasteiger charge is 2.47. The maximum atomic E-state index is 13.3. The van der Waals surface area contributed by atoms with Crippen LogP contribution in [0.25, 0.3) is 5.76 Å². The predicted molar refractivity (Wildman–Crippen MR) is 122 cm³/mol. The van der Waals surface area contributed by atoms with Crippen molar-refractivity contribution in [2.24, 2.45) is 0 Å². The van der Waals surface area contributed by atoms with Crippen LogP contribution in [0.2, 0.25) is 0 Å². The summed E-state index contributed by atoms with van der Waals surface area (Å²) in [6, 6.07) is 20.0. The standard InChI is InChI=1S/C26H21NO6/c1-31-19-9-5-8-17(14-19)23-22(24(28)16-6-3-2-4-7-16)25(29)26(30)27(23)18-10-11-20-21(15-18)33-13-12-32-20/h2-11,14-15,23,28H,12-13H2,1H3/b24-22+. The third-order valence-corrected chi connectivity index (χ3v) is 5.71. The first kappa shape index (κ1) is 20.6. The van der Waals surface area contributed by atoms with Crippen LogP contribution in [0.3, 0.4) is 0 Å². The van der Waals surface area contributed by atoms with Crippen molar-refractivity contribution in [3.8, 4) is 17.2 Å². The van der Waals surface area contributed by atoms with Gasteiger partial charge in [0.2, 0.25) is 0 Å². The number of aliphatic hydroxyl groups is 1. The molecule has 1 saturated heterocycles. The molecule has 2 aliphatic rings. The number of methoxy groups -OCH3 is 1. The number of hydrogen-bond donors (Lipinski definition) is 1. The Morgan fingerprint density at radius 3 is 2.45 bits per heavy atom. The molecule has 0 radical (unpaired) electrons. The smallest absolute Gasteiger partial charge is 0.300 e. The molecule has 0 spiro atoms. The van der Waals surface area contributed by atoms with Crippen molar-refractivity contribution in [3.05, 3.63) is 89.5 Å². The highest BCUT2D eigenvalue weighted by Crippen LogP contribution is 2.45. The molecule has 1 amide bonds. The minimum atomic E-state index is -0.858. The van der Waals surface area contributed by atoms with E-state index in [-0.39, 0.29) is 11.3 Å². The van der Waals surface area contributed by atoms with Gasteiger partial charge in [-0.05, 0) is 29.8 Å². The highest BCUT2D eigenvalue weighted by atomic mass is 16.6. The van der Waals surface area contributed by atoms with Gasteiger partial charge in [0.1, 0.15) is 24.7 Å². The molecule has 3 aromatic rings. The van der Waals surface area contributed by atoms with Crippen LogP contribution in [0.1, 0.15) is 17.2 Å². The number of ether oxygens (including phenoxy) is 3. The minimum absolute atomic E-state index is 0.00865. The van der Waals surface area contributed by atoms with E-state index in [4.69, 9.17) is 14.2 Å². The van der Waals surface area contributed by atoms with Crippen LogP contribution >= 0.6 is 0 Å². The molecule has 3 aromatic carbocycles. The lowest BCUT2D eigenvalue weighted by atomic mass is 9.95. The van der Waals surface area contributed by atoms with Crippen molar-refractivity contribution >= 4 is 23.1 Å². The van der Waals surface area contributed by atoms with E-state index in [2.05, 4.69) is 0 Å². The van der Waals surface area contributed by atoms with Gasteiger partial charge in [-0.1, -0.05) is 42.5 Å². The van der Waals surface area contributed by atoms with E-state index in [0.29, 0.717) is 47.3 Å². The number of carbonyl (C=O) groups excluding carboxylic acids is 2. The summed E-state index contributed by atoms with van der Waals surface area (Å²) in [6.07, 6.45) is 0. The van der Waals surface area contributed by atoms with E-state index in [1.54, 1.807) is 73.8 Å². The Morgan fingerprint density at radius 1 is 0.939 bits per heavy atom. The average molecular weight is 443 g/mol. The van der Waals surface area contributed by atoms with Crippen LogP contribution in [0, 0.1) is 0 Å². The summed E-state index contributed by atoms with van der Waals surface area (Å²) in [4.78, 5) is 27.9. The Bertz CT molecular complexity index is 1270. The monoisotopic (exact) mass is 443 g/mol. The van der Waals surface area contributed by atoms with Gasteiger partial charge in [0, 0.05) is 17.3 Å². The molecule has 2 aliphatic heterocycles. The Hall–Kier alpha value is -4.26. The third kappa shape index (κ3) is 3.57. The zero-order valence-electron chi connectivity index (χ0n) is 17.9. The van der Waals surface area contributed by atoms with Crippen LogP contribution in [0.15, 0.2) is 78.4 Å². The Labute approximate surface area is 190 Å². The molecule has 1 atom stereocenters. The molecule has 166 valence electrons. The fourth-order valence-corrected chi connectivity index (χ4v) is 4.16. The van der Waals surface area contributed by atoms with Crippen LogP contribution in [-0.4, -0.2) is 37.1 Å². The summed E-state index contributed by atoms with van der Waals surface area (Å²) >= 11 is 0. The Morgan fingerprint density at radius 2 is 1.70 bits per heavy atom. The normalized spacial score (nSPS) is 18.9. The number of hydrogen-bond acceptors (Lipinski definition) is 6. The number of carbonyl (C=O) groups is 2. The number of aliphatic hydroxyl groups excluding tert-OH is 1. The van der Waals surface area contributed by atoms with E-state index in [9.17, 15) is 14.7 Å². The fraction of sp³-hybridized carbons (Fsp3) is 0.154. The summed E-state index contributed by atoms with van der Waals surface area (Å²) < 4.78 is 16.6. The molecule has 5 rings (SSSR count). The highest BCUT2D eigenvalue weighted by molar-refractivity contribution is 6.51. The van der Waals surface area contributed by atoms with Crippen LogP contribution in [0.4, 0.5) is 5.69 Å². The summed E-state index contributed by atoms with van der Waals surface area (Å²) in [6.45, 7) is 0.834. The van der Waals surface area contributed by atoms with Gasteiger partial charge >= 0.3 is 0 Å². The van der Waals surface area contributed by atoms with Crippen LogP contribution < -0.4 is 19.1 Å². The molecule has 7 nitrogen and oxygen atoms in total. The van der Waals surface area contributed by atoms with E-state index in [1.807, 2.05) is 6.07 Å². The van der Waals surface area contributed by atoms with Gasteiger partial charge in [-0.25, -0.2) is 0 Å². The lowest BCUT2D eigenvalue weighted by Crippen LogP contribution is -2.29. The summed E-state index contributed by atoms with van der Waals surface area (Å²) in [7, 11) is 1.54. The van der Waals surface area contributed by atoms with E-state index in [0.717, 1.165) is 0 Å². The molecular weight excluding hydrogens is 422 g/mol. The molecule has 0 bridgehead atoms. The fourth-order valence-electron chi connectivity index (χ4n) is 4.16. The molecule has 33 heavy (non-hydrogen) atoms. The SMILES string of the molecule is COc1cccc(C2/C(=C(\O)c3ccccc3)C(=O)C(=O)N2c2ccc3c(c2)OCCO3)c1. The molecule has 0 saturated carbocycles. The van der Waals surface area contributed by atoms with Gasteiger partial charge in [-0.2, -0.15) is 0 Å². The van der Waals surface area contributed by atoms with E-state index >= 15 is 0 Å². The van der Waals surface area contributed by atoms with Gasteiger partial charge in [-0.3, -0.25) is 14.5 Å². The van der Waals surface area contributed by atoms with Crippen molar-refractivity contribution in [2.45, 2.75) is 6.04 Å². The molecular formula is C26H21NO6. The molecule has 0 aromatic heterocycles. The number of rotatable bonds is 4. The molecule has 1 N–H and O–H groups in total. The van der Waals surface area contributed by atoms with Crippen molar-refractivity contribution in [3.63, 3.8) is 0 Å². The second-order valence-electron chi connectivity index (χ2n) is 7.64. The predicted octanol–water partition coefficient (Wildman–Crippen LogP) is 4.09. The first-order valence-corrected chi connectivity index (χ1v) is 10.5. The van der Waals surface area contributed by atoms with Crippen molar-refractivity contribution in [2.75, 3.05) is 25.2 Å². The van der Waals surface area contributed by atoms with Crippen molar-refractivity contribution in [1.82, 2.24) is 0 Å². The lowest BCUT2D eigenvalue weighted by molar-refractivity contribution is -0.132. The first-order valence-electron chi connectivity index (χ1n) is 10.5. The molecule has 1 unspecified atom stereocenters. The van der Waals surface area contributed by atoms with Crippen molar-refractivity contribution in [1.29, 1.82) is 0 Å². The van der Waals surface area contributed by atoms with Gasteiger partial charge in [0.05, 0.1) is 18.7 Å². The summed E-state index contributed by atoms with van der Waals surface area (Å²) in [5.74, 6) is -0.102. The zero-order valence-corrected chi connectivity index (χ0v) is 17.9. The number of anilines is 1. The summed E-state index contributed by atoms with van der Waals surface area (Å²) in [5, 5.41) is 11.1. The maximum absolute atomic E-state index is 13.3. The number of Topliss-reactive ketones (excluding diaryl/α,β-unsaturated/α-hetero) is 1. The molecule has 2 heterocycles. The minimum Gasteiger partial charge on any atom is -0.507 e. The Kier molecular flexibility index (Phi) is 5.22. The second-order valence-corrected chi connectivity index (χ2v) is 7.64. The first-order chi connectivity index (χ1) is 16.1. The largest absolute Gasteiger partial charge is 0.507 e. The lowest BCUT2D eigenvalue weighted by Gasteiger charge is -2.27. The van der Waals surface area contributed by atoms with E-state index < -0.39 is 17.7 Å². The van der Waals surface area contributed by atoms with Gasteiger partial charge in [0.15, 0.2) is 11.5 Å². The third-order valence-electron chi connectivity index (χ3n) is 5.71. The van der Waals surface area contributed by atoms with E-state index in [1.165, 1.54) is 4.90 Å². The number of amides is 1. The molecule has 1 fully saturated rings. The Balaban J connectivity index is 1.71. The number of nitrogens with zero attached hydrogens (tertiary/aromatic N) is 1. The van der Waals surface area contributed by atoms with Gasteiger partial charge in [-0.15, -0.1) is 0 Å². The molecule has 0 aliphatic carbocycles. The molecule has 7 heteroatoms. The summed E-state index contributed by atoms with van der Waals surface area (Å²) in [5.41, 5.74) is 1.54. The number of ketones is 1. The van der Waals surface area contributed by atoms with Gasteiger partial charge < -0.3 is 19.3 Å².